The number of rotatable bonds is 7. The third-order valence-corrected chi connectivity index (χ3v) is 4.91. The molecule has 5 nitrogen and oxygen atoms in total. The number of benzene rings is 2. The molecule has 1 atom stereocenters. The molecule has 1 aliphatic rings. The van der Waals surface area contributed by atoms with Gasteiger partial charge in [0.05, 0.1) is 12.3 Å². The number of hydrogen-bond acceptors (Lipinski definition) is 4. The van der Waals surface area contributed by atoms with Gasteiger partial charge < -0.3 is 14.7 Å². The van der Waals surface area contributed by atoms with Crippen LogP contribution in [0.25, 0.3) is 0 Å². The van der Waals surface area contributed by atoms with E-state index in [1.54, 1.807) is 18.2 Å². The lowest BCUT2D eigenvalue weighted by molar-refractivity contribution is -0.141. The second-order valence-corrected chi connectivity index (χ2v) is 7.26. The number of fused-ring (bicyclic) bond motifs is 1. The van der Waals surface area contributed by atoms with Crippen LogP contribution >= 0.6 is 11.6 Å². The fraction of sp³-hybridized carbons (Fsp3) is 0.333. The van der Waals surface area contributed by atoms with E-state index in [1.807, 2.05) is 31.2 Å². The van der Waals surface area contributed by atoms with Crippen LogP contribution in [0, 0.1) is 6.92 Å². The van der Waals surface area contributed by atoms with Crippen molar-refractivity contribution in [1.29, 1.82) is 0 Å². The van der Waals surface area contributed by atoms with Crippen LogP contribution < -0.4 is 9.64 Å². The summed E-state index contributed by atoms with van der Waals surface area (Å²) >= 11 is 6.05. The van der Waals surface area contributed by atoms with Gasteiger partial charge in [-0.2, -0.15) is 0 Å². The number of Topliss-reactive ketones (excluding diaryl/α,β-unsaturated/α-hetero) is 1. The van der Waals surface area contributed by atoms with Crippen LogP contribution in [0.5, 0.6) is 5.75 Å². The normalized spacial score (nSPS) is 18.5. The maximum absolute atomic E-state index is 12.9. The fourth-order valence-corrected chi connectivity index (χ4v) is 3.57. The van der Waals surface area contributed by atoms with Crippen molar-refractivity contribution in [2.75, 3.05) is 18.1 Å². The molecule has 0 radical (unpaired) electrons. The molecule has 0 aliphatic carbocycles. The minimum absolute atomic E-state index is 0.262. The molecule has 1 heterocycles. The van der Waals surface area contributed by atoms with Gasteiger partial charge in [-0.1, -0.05) is 29.8 Å². The van der Waals surface area contributed by atoms with Crippen LogP contribution in [0.1, 0.15) is 30.9 Å². The molecule has 0 aromatic heterocycles. The summed E-state index contributed by atoms with van der Waals surface area (Å²) in [4.78, 5) is 26.0. The van der Waals surface area contributed by atoms with Gasteiger partial charge in [0.2, 0.25) is 0 Å². The number of halogens is 1. The van der Waals surface area contributed by atoms with E-state index in [4.69, 9.17) is 16.3 Å². The molecule has 142 valence electrons. The number of ketones is 1. The minimum Gasteiger partial charge on any atom is -0.493 e. The number of amides is 1. The fourth-order valence-electron chi connectivity index (χ4n) is 3.40. The Labute approximate surface area is 163 Å². The monoisotopic (exact) mass is 387 g/mol. The molecular formula is C21H22ClNO4. The third kappa shape index (κ3) is 3.84. The maximum Gasteiger partial charge on any atom is 0.264 e. The Morgan fingerprint density at radius 2 is 2.00 bits per heavy atom. The van der Waals surface area contributed by atoms with Crippen LogP contribution in [0.2, 0.25) is 5.02 Å². The van der Waals surface area contributed by atoms with E-state index in [0.29, 0.717) is 35.8 Å². The molecule has 1 amide bonds. The van der Waals surface area contributed by atoms with E-state index in [1.165, 1.54) is 11.8 Å². The zero-order valence-electron chi connectivity index (χ0n) is 15.4. The number of hydrogen-bond donors (Lipinski definition) is 1. The third-order valence-electron chi connectivity index (χ3n) is 4.68. The van der Waals surface area contributed by atoms with Gasteiger partial charge in [0, 0.05) is 23.6 Å². The van der Waals surface area contributed by atoms with Crippen molar-refractivity contribution >= 4 is 29.0 Å². The molecular weight excluding hydrogens is 366 g/mol. The number of nitrogens with zero attached hydrogens (tertiary/aromatic N) is 1. The highest BCUT2D eigenvalue weighted by atomic mass is 35.5. The SMILES string of the molecule is CC(=O)C[C@]1(O)C(=O)N(CCCOc2ccccc2C)c2ccc(Cl)cc21. The summed E-state index contributed by atoms with van der Waals surface area (Å²) in [6.07, 6.45) is 0.313. The Morgan fingerprint density at radius 1 is 1.26 bits per heavy atom. The van der Waals surface area contributed by atoms with E-state index >= 15 is 0 Å². The van der Waals surface area contributed by atoms with Gasteiger partial charge >= 0.3 is 0 Å². The first-order valence-electron chi connectivity index (χ1n) is 8.85. The first-order chi connectivity index (χ1) is 12.8. The quantitative estimate of drug-likeness (QED) is 0.737. The van der Waals surface area contributed by atoms with Gasteiger partial charge in [0.25, 0.3) is 5.91 Å². The van der Waals surface area contributed by atoms with Gasteiger partial charge in [0.15, 0.2) is 5.60 Å². The average molecular weight is 388 g/mol. The summed E-state index contributed by atoms with van der Waals surface area (Å²) < 4.78 is 5.78. The Kier molecular flexibility index (Phi) is 5.53. The Bertz CT molecular complexity index is 882. The number of aliphatic hydroxyl groups is 1. The van der Waals surface area contributed by atoms with E-state index in [0.717, 1.165) is 11.3 Å². The van der Waals surface area contributed by atoms with Gasteiger partial charge in [-0.15, -0.1) is 0 Å². The van der Waals surface area contributed by atoms with E-state index in [2.05, 4.69) is 0 Å². The number of para-hydroxylation sites is 1. The molecule has 2 aromatic carbocycles. The Hall–Kier alpha value is -2.37. The average Bonchev–Trinajstić information content (AvgIpc) is 2.81. The predicted molar refractivity (Wildman–Crippen MR) is 104 cm³/mol. The molecule has 0 fully saturated rings. The van der Waals surface area contributed by atoms with E-state index in [9.17, 15) is 14.7 Å². The van der Waals surface area contributed by atoms with E-state index < -0.39 is 11.5 Å². The van der Waals surface area contributed by atoms with Crippen LogP contribution in [-0.2, 0) is 15.2 Å². The summed E-state index contributed by atoms with van der Waals surface area (Å²) in [6, 6.07) is 12.7. The van der Waals surface area contributed by atoms with Gasteiger partial charge in [0.1, 0.15) is 11.5 Å². The van der Waals surface area contributed by atoms with Crippen molar-refractivity contribution in [2.24, 2.45) is 0 Å². The van der Waals surface area contributed by atoms with Crippen LogP contribution in [0.3, 0.4) is 0 Å². The number of ether oxygens (including phenoxy) is 1. The maximum atomic E-state index is 12.9. The molecule has 6 heteroatoms. The summed E-state index contributed by atoms with van der Waals surface area (Å²) in [7, 11) is 0. The molecule has 0 spiro atoms. The second-order valence-electron chi connectivity index (χ2n) is 6.82. The topological polar surface area (TPSA) is 66.8 Å². The molecule has 1 aliphatic heterocycles. The predicted octanol–water partition coefficient (Wildman–Crippen LogP) is 3.63. The molecule has 1 N–H and O–H groups in total. The van der Waals surface area contributed by atoms with Crippen molar-refractivity contribution in [2.45, 2.75) is 32.3 Å². The zero-order valence-corrected chi connectivity index (χ0v) is 16.1. The molecule has 27 heavy (non-hydrogen) atoms. The lowest BCUT2D eigenvalue weighted by atomic mass is 9.90. The van der Waals surface area contributed by atoms with Crippen molar-refractivity contribution in [3.05, 3.63) is 58.6 Å². The molecule has 0 saturated carbocycles. The molecule has 3 rings (SSSR count). The number of aryl methyl sites for hydroxylation is 1. The van der Waals surface area contributed by atoms with Gasteiger partial charge in [-0.25, -0.2) is 0 Å². The van der Waals surface area contributed by atoms with Crippen molar-refractivity contribution in [1.82, 2.24) is 0 Å². The summed E-state index contributed by atoms with van der Waals surface area (Å²) in [6.45, 7) is 4.14. The molecule has 0 bridgehead atoms. The van der Waals surface area contributed by atoms with Crippen LogP contribution in [0.15, 0.2) is 42.5 Å². The highest BCUT2D eigenvalue weighted by Crippen LogP contribution is 2.43. The molecule has 0 saturated heterocycles. The standard InChI is InChI=1S/C21H22ClNO4/c1-14-6-3-4-7-19(14)27-11-5-10-23-18-9-8-16(22)12-17(18)21(26,20(23)25)13-15(2)24/h3-4,6-9,12,26H,5,10-11,13H2,1-2H3/t21-/m1/s1. The zero-order chi connectivity index (χ0) is 19.6. The second kappa shape index (κ2) is 7.71. The Morgan fingerprint density at radius 3 is 2.70 bits per heavy atom. The van der Waals surface area contributed by atoms with E-state index in [-0.39, 0.29) is 12.2 Å². The number of carbonyl (C=O) groups is 2. The smallest absolute Gasteiger partial charge is 0.264 e. The number of carbonyl (C=O) groups excluding carboxylic acids is 2. The summed E-state index contributed by atoms with van der Waals surface area (Å²) in [5, 5.41) is 11.4. The van der Waals surface area contributed by atoms with Crippen molar-refractivity contribution in [3.8, 4) is 5.75 Å². The molecule has 0 unspecified atom stereocenters. The number of anilines is 1. The molecule has 2 aromatic rings. The largest absolute Gasteiger partial charge is 0.493 e. The van der Waals surface area contributed by atoms with Crippen molar-refractivity contribution < 1.29 is 19.4 Å². The summed E-state index contributed by atoms with van der Waals surface area (Å²) in [5.41, 5.74) is 0.160. The first-order valence-corrected chi connectivity index (χ1v) is 9.23. The lowest BCUT2D eigenvalue weighted by Gasteiger charge is -2.22. The van der Waals surface area contributed by atoms with Crippen LogP contribution in [0.4, 0.5) is 5.69 Å². The highest BCUT2D eigenvalue weighted by molar-refractivity contribution is 6.31. The van der Waals surface area contributed by atoms with Gasteiger partial charge in [-0.3, -0.25) is 9.59 Å². The van der Waals surface area contributed by atoms with Crippen LogP contribution in [-0.4, -0.2) is 29.9 Å². The Balaban J connectivity index is 1.73. The van der Waals surface area contributed by atoms with Gasteiger partial charge in [-0.05, 0) is 50.1 Å². The highest BCUT2D eigenvalue weighted by Gasteiger charge is 2.50. The van der Waals surface area contributed by atoms with Crippen molar-refractivity contribution in [3.63, 3.8) is 0 Å². The summed E-state index contributed by atoms with van der Waals surface area (Å²) in [5.74, 6) is 0.0536. The lowest BCUT2D eigenvalue weighted by Crippen LogP contribution is -2.42. The minimum atomic E-state index is -1.86. The first kappa shape index (κ1) is 19.4.